The van der Waals surface area contributed by atoms with E-state index in [-0.39, 0.29) is 12.2 Å². The second kappa shape index (κ2) is 4.68. The van der Waals surface area contributed by atoms with Crippen molar-refractivity contribution in [1.82, 2.24) is 0 Å². The van der Waals surface area contributed by atoms with Crippen molar-refractivity contribution in [2.75, 3.05) is 0 Å². The molecule has 2 aliphatic rings. The number of fused-ring (bicyclic) bond motifs is 3. The van der Waals surface area contributed by atoms with Crippen LogP contribution < -0.4 is 4.74 Å². The highest BCUT2D eigenvalue weighted by Crippen LogP contribution is 2.50. The Labute approximate surface area is 125 Å². The minimum absolute atomic E-state index is 0.185. The van der Waals surface area contributed by atoms with E-state index in [0.29, 0.717) is 17.0 Å². The van der Waals surface area contributed by atoms with Gasteiger partial charge in [0.15, 0.2) is 0 Å². The summed E-state index contributed by atoms with van der Waals surface area (Å²) in [6.45, 7) is 1.45. The standard InChI is InChI=1S/C14H14ClNO5/c1-14(18)5-4-8-11(12(14)16(19)20)9-6-7(15)2-3-10(9)21-13(8)17/h2-3,6,8,11-12,18H,4-5H2,1H3/t8-,11+,12+,14-/m1/s1. The lowest BCUT2D eigenvalue weighted by molar-refractivity contribution is -0.554. The topological polar surface area (TPSA) is 89.7 Å². The van der Waals surface area contributed by atoms with Gasteiger partial charge in [-0.1, -0.05) is 11.6 Å². The lowest BCUT2D eigenvalue weighted by Gasteiger charge is -2.42. The Hall–Kier alpha value is -1.66. The Morgan fingerprint density at radius 1 is 1.52 bits per heavy atom. The molecular formula is C14H14ClNO5. The van der Waals surface area contributed by atoms with Crippen LogP contribution in [0.5, 0.6) is 5.75 Å². The van der Waals surface area contributed by atoms with Crippen LogP contribution >= 0.6 is 11.6 Å². The summed E-state index contributed by atoms with van der Waals surface area (Å²) in [5.41, 5.74) is -0.948. The highest BCUT2D eigenvalue weighted by molar-refractivity contribution is 6.30. The highest BCUT2D eigenvalue weighted by Gasteiger charge is 2.58. The zero-order valence-electron chi connectivity index (χ0n) is 11.3. The van der Waals surface area contributed by atoms with Crippen molar-refractivity contribution in [3.05, 3.63) is 38.9 Å². The third kappa shape index (κ3) is 2.18. The second-order valence-electron chi connectivity index (χ2n) is 5.86. The van der Waals surface area contributed by atoms with E-state index in [0.717, 1.165) is 0 Å². The van der Waals surface area contributed by atoms with Gasteiger partial charge in [0, 0.05) is 15.5 Å². The van der Waals surface area contributed by atoms with Crippen LogP contribution in [0, 0.1) is 16.0 Å². The number of esters is 1. The number of ether oxygens (including phenoxy) is 1. The number of aliphatic hydroxyl groups is 1. The number of nitrogens with zero attached hydrogens (tertiary/aromatic N) is 1. The third-order valence-electron chi connectivity index (χ3n) is 4.44. The Kier molecular flexibility index (Phi) is 3.18. The average Bonchev–Trinajstić information content (AvgIpc) is 2.38. The average molecular weight is 312 g/mol. The summed E-state index contributed by atoms with van der Waals surface area (Å²) >= 11 is 5.97. The first-order valence-electron chi connectivity index (χ1n) is 6.68. The quantitative estimate of drug-likeness (QED) is 0.371. The maximum Gasteiger partial charge on any atom is 0.315 e. The molecule has 1 aromatic carbocycles. The monoisotopic (exact) mass is 311 g/mol. The molecule has 0 saturated heterocycles. The molecule has 1 fully saturated rings. The largest absolute Gasteiger partial charge is 0.426 e. The zero-order valence-corrected chi connectivity index (χ0v) is 12.0. The van der Waals surface area contributed by atoms with Crippen LogP contribution in [0.1, 0.15) is 31.2 Å². The maximum atomic E-state index is 12.1. The molecule has 0 radical (unpaired) electrons. The molecule has 6 nitrogen and oxygen atoms in total. The van der Waals surface area contributed by atoms with E-state index in [1.807, 2.05) is 0 Å². The Morgan fingerprint density at radius 2 is 2.24 bits per heavy atom. The van der Waals surface area contributed by atoms with Gasteiger partial charge in [0.1, 0.15) is 11.4 Å². The summed E-state index contributed by atoms with van der Waals surface area (Å²) in [4.78, 5) is 23.1. The second-order valence-corrected chi connectivity index (χ2v) is 6.30. The van der Waals surface area contributed by atoms with E-state index in [4.69, 9.17) is 16.3 Å². The van der Waals surface area contributed by atoms with Crippen LogP contribution in [0.3, 0.4) is 0 Å². The number of halogens is 1. The first kappa shape index (κ1) is 14.3. The maximum absolute atomic E-state index is 12.1. The Balaban J connectivity index is 2.18. The molecule has 1 aliphatic carbocycles. The minimum Gasteiger partial charge on any atom is -0.426 e. The van der Waals surface area contributed by atoms with Crippen molar-refractivity contribution < 1.29 is 19.6 Å². The summed E-state index contributed by atoms with van der Waals surface area (Å²) in [6, 6.07) is 3.42. The predicted octanol–water partition coefficient (Wildman–Crippen LogP) is 2.15. The third-order valence-corrected chi connectivity index (χ3v) is 4.68. The molecule has 1 saturated carbocycles. The minimum atomic E-state index is -1.47. The fourth-order valence-corrected chi connectivity index (χ4v) is 3.63. The number of hydrogen-bond acceptors (Lipinski definition) is 5. The van der Waals surface area contributed by atoms with E-state index in [2.05, 4.69) is 0 Å². The van der Waals surface area contributed by atoms with E-state index in [1.165, 1.54) is 13.0 Å². The van der Waals surface area contributed by atoms with Crippen LogP contribution in [-0.2, 0) is 4.79 Å². The van der Waals surface area contributed by atoms with Crippen LogP contribution in [-0.4, -0.2) is 27.6 Å². The van der Waals surface area contributed by atoms with Gasteiger partial charge in [-0.2, -0.15) is 0 Å². The molecule has 4 atom stereocenters. The van der Waals surface area contributed by atoms with Gasteiger partial charge in [-0.25, -0.2) is 0 Å². The fraction of sp³-hybridized carbons (Fsp3) is 0.500. The molecule has 0 amide bonds. The Morgan fingerprint density at radius 3 is 2.90 bits per heavy atom. The van der Waals surface area contributed by atoms with Gasteiger partial charge in [0.05, 0.1) is 11.8 Å². The molecule has 1 aliphatic heterocycles. The lowest BCUT2D eigenvalue weighted by atomic mass is 9.65. The number of rotatable bonds is 1. The van der Waals surface area contributed by atoms with Crippen molar-refractivity contribution >= 4 is 17.6 Å². The van der Waals surface area contributed by atoms with Gasteiger partial charge in [-0.3, -0.25) is 14.9 Å². The van der Waals surface area contributed by atoms with Gasteiger partial charge in [-0.15, -0.1) is 0 Å². The van der Waals surface area contributed by atoms with E-state index in [9.17, 15) is 20.0 Å². The molecular weight excluding hydrogens is 298 g/mol. The van der Waals surface area contributed by atoms with Gasteiger partial charge < -0.3 is 9.84 Å². The van der Waals surface area contributed by atoms with Crippen LogP contribution in [0.25, 0.3) is 0 Å². The van der Waals surface area contributed by atoms with Gasteiger partial charge in [-0.05, 0) is 38.0 Å². The van der Waals surface area contributed by atoms with Crippen LogP contribution in [0.2, 0.25) is 5.02 Å². The molecule has 21 heavy (non-hydrogen) atoms. The number of nitro groups is 1. The molecule has 3 rings (SSSR count). The van der Waals surface area contributed by atoms with Crippen molar-refractivity contribution in [3.63, 3.8) is 0 Å². The fourth-order valence-electron chi connectivity index (χ4n) is 3.45. The first-order chi connectivity index (χ1) is 9.81. The molecule has 0 bridgehead atoms. The SMILES string of the molecule is C[C@@]1(O)CC[C@H]2C(=O)Oc3ccc(Cl)cc3[C@H]2[C@@H]1[N+](=O)[O-]. The number of carbonyl (C=O) groups excluding carboxylic acids is 1. The molecule has 1 aromatic rings. The molecule has 7 heteroatoms. The normalized spacial score (nSPS) is 34.6. The molecule has 0 aromatic heterocycles. The van der Waals surface area contributed by atoms with Crippen molar-refractivity contribution in [1.29, 1.82) is 0 Å². The lowest BCUT2D eigenvalue weighted by Crippen LogP contribution is -2.56. The molecule has 1 heterocycles. The van der Waals surface area contributed by atoms with E-state index < -0.39 is 34.4 Å². The van der Waals surface area contributed by atoms with Gasteiger partial charge in [0.25, 0.3) is 0 Å². The number of benzene rings is 1. The number of hydrogen-bond donors (Lipinski definition) is 1. The van der Waals surface area contributed by atoms with Crippen LogP contribution in [0.4, 0.5) is 0 Å². The van der Waals surface area contributed by atoms with Gasteiger partial charge in [0.2, 0.25) is 6.04 Å². The summed E-state index contributed by atoms with van der Waals surface area (Å²) in [6.07, 6.45) is 0.539. The summed E-state index contributed by atoms with van der Waals surface area (Å²) in [5.74, 6) is -1.53. The smallest absolute Gasteiger partial charge is 0.315 e. The van der Waals surface area contributed by atoms with Crippen molar-refractivity contribution in [2.24, 2.45) is 5.92 Å². The van der Waals surface area contributed by atoms with Crippen molar-refractivity contribution in [3.8, 4) is 5.75 Å². The zero-order chi connectivity index (χ0) is 15.4. The number of carbonyl (C=O) groups is 1. The highest BCUT2D eigenvalue weighted by atomic mass is 35.5. The summed E-state index contributed by atoms with van der Waals surface area (Å²) in [5, 5.41) is 22.3. The molecule has 0 unspecified atom stereocenters. The van der Waals surface area contributed by atoms with Crippen molar-refractivity contribution in [2.45, 2.75) is 37.3 Å². The van der Waals surface area contributed by atoms with E-state index >= 15 is 0 Å². The Bertz CT molecular complexity index is 630. The van der Waals surface area contributed by atoms with E-state index in [1.54, 1.807) is 12.1 Å². The van der Waals surface area contributed by atoms with Crippen LogP contribution in [0.15, 0.2) is 18.2 Å². The molecule has 0 spiro atoms. The van der Waals surface area contributed by atoms with Gasteiger partial charge >= 0.3 is 5.97 Å². The molecule has 112 valence electrons. The predicted molar refractivity (Wildman–Crippen MR) is 74.0 cm³/mol. The molecule has 1 N–H and O–H groups in total. The summed E-state index contributed by atoms with van der Waals surface area (Å²) < 4.78 is 5.25. The summed E-state index contributed by atoms with van der Waals surface area (Å²) in [7, 11) is 0. The first-order valence-corrected chi connectivity index (χ1v) is 7.06.